The van der Waals surface area contributed by atoms with Crippen molar-refractivity contribution in [3.63, 3.8) is 0 Å². The van der Waals surface area contributed by atoms with Gasteiger partial charge < -0.3 is 10.2 Å². The second kappa shape index (κ2) is 7.28. The van der Waals surface area contributed by atoms with Crippen LogP contribution in [0.4, 0.5) is 5.82 Å². The highest BCUT2D eigenvalue weighted by Crippen LogP contribution is 2.20. The van der Waals surface area contributed by atoms with Gasteiger partial charge in [0.05, 0.1) is 6.61 Å². The maximum Gasteiger partial charge on any atom is 0.294 e. The lowest BCUT2D eigenvalue weighted by molar-refractivity contribution is -0.757. The largest absolute Gasteiger partial charge is 0.370 e. The minimum Gasteiger partial charge on any atom is -0.370 e. The Morgan fingerprint density at radius 2 is 2.05 bits per heavy atom. The fraction of sp³-hybridized carbons (Fsp3) is 0.357. The number of anilines is 1. The summed E-state index contributed by atoms with van der Waals surface area (Å²) in [5.41, 5.74) is 0. The van der Waals surface area contributed by atoms with Crippen LogP contribution in [0.3, 0.4) is 0 Å². The van der Waals surface area contributed by atoms with Crippen LogP contribution in [0.25, 0.3) is 10.8 Å². The molecule has 6 heteroatoms. The Bertz CT molecular complexity index is 569. The Balaban J connectivity index is 1.75. The van der Waals surface area contributed by atoms with Gasteiger partial charge in [-0.25, -0.2) is 4.98 Å². The summed E-state index contributed by atoms with van der Waals surface area (Å²) < 4.78 is 0. The number of nitrogens with zero attached hydrogens (tertiary/aromatic N) is 2. The van der Waals surface area contributed by atoms with E-state index in [0.29, 0.717) is 6.42 Å². The molecule has 1 aromatic heterocycles. The van der Waals surface area contributed by atoms with Gasteiger partial charge in [-0.15, -0.1) is 10.1 Å². The van der Waals surface area contributed by atoms with E-state index in [1.165, 1.54) is 0 Å². The lowest BCUT2D eigenvalue weighted by atomic mass is 10.1. The number of rotatable bonds is 8. The summed E-state index contributed by atoms with van der Waals surface area (Å²) in [6.07, 6.45) is 4.28. The molecule has 6 nitrogen and oxygen atoms in total. The standard InChI is InChI=1S/C14H17N3O3/c18-17(19)20-11-5-1-4-9-15-14-13-7-3-2-6-12(13)8-10-16-14/h2-3,6-8,10H,1,4-5,9,11H2,(H,15,16). The molecule has 20 heavy (non-hydrogen) atoms. The lowest BCUT2D eigenvalue weighted by Gasteiger charge is -2.08. The zero-order valence-corrected chi connectivity index (χ0v) is 11.1. The van der Waals surface area contributed by atoms with Crippen LogP contribution in [0.2, 0.25) is 0 Å². The third kappa shape index (κ3) is 4.08. The van der Waals surface area contributed by atoms with Gasteiger partial charge in [0.25, 0.3) is 5.09 Å². The smallest absolute Gasteiger partial charge is 0.294 e. The van der Waals surface area contributed by atoms with Crippen LogP contribution >= 0.6 is 0 Å². The lowest BCUT2D eigenvalue weighted by Crippen LogP contribution is -2.05. The normalized spacial score (nSPS) is 10.4. The van der Waals surface area contributed by atoms with Gasteiger partial charge >= 0.3 is 0 Å². The highest BCUT2D eigenvalue weighted by Gasteiger charge is 2.00. The minimum absolute atomic E-state index is 0.166. The maximum atomic E-state index is 9.96. The van der Waals surface area contributed by atoms with E-state index in [-0.39, 0.29) is 6.61 Å². The van der Waals surface area contributed by atoms with E-state index >= 15 is 0 Å². The van der Waals surface area contributed by atoms with E-state index in [9.17, 15) is 10.1 Å². The zero-order valence-electron chi connectivity index (χ0n) is 11.1. The van der Waals surface area contributed by atoms with Crippen LogP contribution in [-0.2, 0) is 4.84 Å². The number of hydrogen-bond donors (Lipinski definition) is 1. The number of pyridine rings is 1. The van der Waals surface area contributed by atoms with E-state index in [0.717, 1.165) is 36.0 Å². The summed E-state index contributed by atoms with van der Waals surface area (Å²) in [5, 5.41) is 14.8. The van der Waals surface area contributed by atoms with E-state index in [1.54, 1.807) is 6.20 Å². The van der Waals surface area contributed by atoms with E-state index < -0.39 is 5.09 Å². The van der Waals surface area contributed by atoms with Gasteiger partial charge in [-0.05, 0) is 30.7 Å². The average Bonchev–Trinajstić information content (AvgIpc) is 2.46. The second-order valence-electron chi connectivity index (χ2n) is 4.42. The molecule has 0 saturated heterocycles. The first-order valence-corrected chi connectivity index (χ1v) is 6.62. The first-order valence-electron chi connectivity index (χ1n) is 6.62. The quantitative estimate of drug-likeness (QED) is 0.455. The highest BCUT2D eigenvalue weighted by molar-refractivity contribution is 5.91. The second-order valence-corrected chi connectivity index (χ2v) is 4.42. The Kier molecular flexibility index (Phi) is 5.11. The Hall–Kier alpha value is -2.37. The van der Waals surface area contributed by atoms with E-state index in [2.05, 4.69) is 21.2 Å². The van der Waals surface area contributed by atoms with Crippen LogP contribution < -0.4 is 5.32 Å². The van der Waals surface area contributed by atoms with Gasteiger partial charge in [0.1, 0.15) is 5.82 Å². The number of hydrogen-bond acceptors (Lipinski definition) is 5. The van der Waals surface area contributed by atoms with Gasteiger partial charge in [-0.3, -0.25) is 0 Å². The summed E-state index contributed by atoms with van der Waals surface area (Å²) in [7, 11) is 0. The van der Waals surface area contributed by atoms with Crippen molar-refractivity contribution in [3.05, 3.63) is 46.6 Å². The van der Waals surface area contributed by atoms with E-state index in [4.69, 9.17) is 0 Å². The molecule has 1 aromatic carbocycles. The number of fused-ring (bicyclic) bond motifs is 1. The van der Waals surface area contributed by atoms with Crippen molar-refractivity contribution in [2.75, 3.05) is 18.5 Å². The van der Waals surface area contributed by atoms with Crippen LogP contribution in [0.5, 0.6) is 0 Å². The Morgan fingerprint density at radius 3 is 2.90 bits per heavy atom. The summed E-state index contributed by atoms with van der Waals surface area (Å²) >= 11 is 0. The van der Waals surface area contributed by atoms with Crippen LogP contribution in [0.1, 0.15) is 19.3 Å². The number of aromatic nitrogens is 1. The third-order valence-corrected chi connectivity index (χ3v) is 2.98. The summed E-state index contributed by atoms with van der Waals surface area (Å²) in [6.45, 7) is 0.957. The fourth-order valence-electron chi connectivity index (χ4n) is 2.01. The minimum atomic E-state index is -0.752. The average molecular weight is 275 g/mol. The Labute approximate surface area is 116 Å². The summed E-state index contributed by atoms with van der Waals surface area (Å²) in [5.74, 6) is 0.879. The molecule has 2 aromatic rings. The Morgan fingerprint density at radius 1 is 1.20 bits per heavy atom. The van der Waals surface area contributed by atoms with Gasteiger partial charge in [-0.1, -0.05) is 24.3 Å². The molecule has 106 valence electrons. The first kappa shape index (κ1) is 14.0. The number of benzene rings is 1. The van der Waals surface area contributed by atoms with Gasteiger partial charge in [0, 0.05) is 18.1 Å². The topological polar surface area (TPSA) is 77.3 Å². The van der Waals surface area contributed by atoms with Crippen molar-refractivity contribution < 1.29 is 9.92 Å². The fourth-order valence-corrected chi connectivity index (χ4v) is 2.01. The monoisotopic (exact) mass is 275 g/mol. The van der Waals surface area contributed by atoms with Gasteiger partial charge in [0.2, 0.25) is 0 Å². The molecule has 1 N–H and O–H groups in total. The SMILES string of the molecule is O=[N+]([O-])OCCCCCNc1nccc2ccccc12. The van der Waals surface area contributed by atoms with Crippen molar-refractivity contribution in [1.29, 1.82) is 0 Å². The van der Waals surface area contributed by atoms with Gasteiger partial charge in [0.15, 0.2) is 0 Å². The molecular weight excluding hydrogens is 258 g/mol. The maximum absolute atomic E-state index is 9.96. The number of unbranched alkanes of at least 4 members (excludes halogenated alkanes) is 2. The van der Waals surface area contributed by atoms with Crippen molar-refractivity contribution in [2.24, 2.45) is 0 Å². The molecule has 0 unspecified atom stereocenters. The molecule has 0 amide bonds. The zero-order chi connectivity index (χ0) is 14.2. The first-order chi connectivity index (χ1) is 9.77. The molecule has 0 aliphatic rings. The molecule has 0 spiro atoms. The van der Waals surface area contributed by atoms with Crippen LogP contribution in [0.15, 0.2) is 36.5 Å². The molecule has 0 radical (unpaired) electrons. The molecule has 0 atom stereocenters. The third-order valence-electron chi connectivity index (χ3n) is 2.98. The van der Waals surface area contributed by atoms with Crippen LogP contribution in [-0.4, -0.2) is 23.2 Å². The molecule has 0 bridgehead atoms. The van der Waals surface area contributed by atoms with Crippen LogP contribution in [0, 0.1) is 10.1 Å². The van der Waals surface area contributed by atoms with Crippen molar-refractivity contribution in [2.45, 2.75) is 19.3 Å². The van der Waals surface area contributed by atoms with Crippen molar-refractivity contribution in [3.8, 4) is 0 Å². The molecule has 0 saturated carbocycles. The predicted molar refractivity (Wildman–Crippen MR) is 77.0 cm³/mol. The van der Waals surface area contributed by atoms with E-state index in [1.807, 2.05) is 24.3 Å². The van der Waals surface area contributed by atoms with Crippen molar-refractivity contribution in [1.82, 2.24) is 4.98 Å². The molecule has 0 aliphatic carbocycles. The molecule has 2 rings (SSSR count). The molecule has 0 fully saturated rings. The van der Waals surface area contributed by atoms with Crippen molar-refractivity contribution >= 4 is 16.6 Å². The highest BCUT2D eigenvalue weighted by atomic mass is 16.9. The molecule has 0 aliphatic heterocycles. The predicted octanol–water partition coefficient (Wildman–Crippen LogP) is 3.03. The molecule has 1 heterocycles. The summed E-state index contributed by atoms with van der Waals surface area (Å²) in [6, 6.07) is 10.1. The number of nitrogens with one attached hydrogen (secondary N) is 1. The molecular formula is C14H17N3O3. The van der Waals surface area contributed by atoms with Gasteiger partial charge in [-0.2, -0.15) is 0 Å². The summed E-state index contributed by atoms with van der Waals surface area (Å²) in [4.78, 5) is 18.6.